The van der Waals surface area contributed by atoms with Gasteiger partial charge in [0.05, 0.1) is 23.3 Å². The van der Waals surface area contributed by atoms with Crippen molar-refractivity contribution in [2.24, 2.45) is 0 Å². The molecule has 0 fully saturated rings. The first kappa shape index (κ1) is 23.9. The quantitative estimate of drug-likeness (QED) is 0.384. The lowest BCUT2D eigenvalue weighted by atomic mass is 10.1. The van der Waals surface area contributed by atoms with E-state index in [0.717, 1.165) is 12.1 Å². The molecule has 7 nitrogen and oxygen atoms in total. The van der Waals surface area contributed by atoms with Crippen molar-refractivity contribution < 1.29 is 31.9 Å². The summed E-state index contributed by atoms with van der Waals surface area (Å²) in [6.07, 6.45) is 0. The molecule has 0 saturated heterocycles. The maximum Gasteiger partial charge on any atom is 0.340 e. The second-order valence-corrected chi connectivity index (χ2v) is 8.90. The van der Waals surface area contributed by atoms with Crippen LogP contribution in [0.2, 0.25) is 0 Å². The molecule has 33 heavy (non-hydrogen) atoms. The molecule has 0 radical (unpaired) electrons. The number of esters is 1. The lowest BCUT2D eigenvalue weighted by molar-refractivity contribution is 0.0471. The summed E-state index contributed by atoms with van der Waals surface area (Å²) in [5, 5.41) is 0. The number of halogens is 1. The van der Waals surface area contributed by atoms with Gasteiger partial charge < -0.3 is 9.47 Å². The number of Topliss-reactive ketones (excluding diaryl/α,β-unsaturated/α-hetero) is 1. The van der Waals surface area contributed by atoms with Gasteiger partial charge in [-0.2, -0.15) is 0 Å². The highest BCUT2D eigenvalue weighted by molar-refractivity contribution is 7.92. The minimum Gasteiger partial charge on any atom is -0.496 e. The van der Waals surface area contributed by atoms with Crippen molar-refractivity contribution in [1.29, 1.82) is 0 Å². The normalized spacial score (nSPS) is 11.0. The number of methoxy groups -OCH3 is 1. The van der Waals surface area contributed by atoms with Crippen LogP contribution in [-0.4, -0.2) is 27.3 Å². The number of carbonyl (C=O) groups is 2. The molecule has 172 valence electrons. The number of ketones is 1. The van der Waals surface area contributed by atoms with Gasteiger partial charge in [0.15, 0.2) is 5.78 Å². The number of aryl methyl sites for hydroxylation is 1. The SMILES string of the molecule is COc1ccc(C(C)=O)cc1COC(=O)c1ccccc1NS(=O)(=O)c1ccc(F)c(C)c1. The van der Waals surface area contributed by atoms with Crippen molar-refractivity contribution >= 4 is 27.5 Å². The van der Waals surface area contributed by atoms with Crippen LogP contribution in [0.4, 0.5) is 10.1 Å². The Hall–Kier alpha value is -3.72. The summed E-state index contributed by atoms with van der Waals surface area (Å²) in [4.78, 5) is 24.3. The summed E-state index contributed by atoms with van der Waals surface area (Å²) in [7, 11) is -2.63. The molecule has 0 unspecified atom stereocenters. The number of sulfonamides is 1. The van der Waals surface area contributed by atoms with Gasteiger partial charge in [-0.15, -0.1) is 0 Å². The highest BCUT2D eigenvalue weighted by Crippen LogP contribution is 2.25. The van der Waals surface area contributed by atoms with Crippen LogP contribution in [0.5, 0.6) is 5.75 Å². The van der Waals surface area contributed by atoms with E-state index in [4.69, 9.17) is 9.47 Å². The number of para-hydroxylation sites is 1. The summed E-state index contributed by atoms with van der Waals surface area (Å²) in [5.74, 6) is -1.02. The van der Waals surface area contributed by atoms with Crippen LogP contribution in [-0.2, 0) is 21.4 Å². The van der Waals surface area contributed by atoms with Crippen molar-refractivity contribution in [3.05, 3.63) is 88.7 Å². The lowest BCUT2D eigenvalue weighted by Crippen LogP contribution is -2.17. The number of ether oxygens (including phenoxy) is 2. The average Bonchev–Trinajstić information content (AvgIpc) is 2.79. The summed E-state index contributed by atoms with van der Waals surface area (Å²) in [5.41, 5.74) is 1.09. The zero-order valence-electron chi connectivity index (χ0n) is 18.2. The third kappa shape index (κ3) is 5.56. The number of benzene rings is 3. The standard InChI is InChI=1S/C24H22FNO6S/c1-15-12-19(9-10-21(15)25)33(29,30)26-22-7-5-4-6-20(22)24(28)32-14-18-13-17(16(2)27)8-11-23(18)31-3/h4-13,26H,14H2,1-3H3. The van der Waals surface area contributed by atoms with Gasteiger partial charge in [-0.25, -0.2) is 17.6 Å². The molecule has 0 bridgehead atoms. The number of rotatable bonds is 8. The van der Waals surface area contributed by atoms with Gasteiger partial charge in [0, 0.05) is 11.1 Å². The summed E-state index contributed by atoms with van der Waals surface area (Å²) in [6.45, 7) is 2.68. The Kier molecular flexibility index (Phi) is 7.13. The number of nitrogens with one attached hydrogen (secondary N) is 1. The van der Waals surface area contributed by atoms with E-state index in [1.54, 1.807) is 30.3 Å². The Bertz CT molecular complexity index is 1320. The van der Waals surface area contributed by atoms with E-state index in [0.29, 0.717) is 16.9 Å². The number of anilines is 1. The molecule has 0 aliphatic rings. The van der Waals surface area contributed by atoms with Crippen LogP contribution in [0, 0.1) is 12.7 Å². The molecule has 0 atom stereocenters. The second kappa shape index (κ2) is 9.83. The van der Waals surface area contributed by atoms with Crippen LogP contribution in [0.25, 0.3) is 0 Å². The third-order valence-electron chi connectivity index (χ3n) is 4.88. The van der Waals surface area contributed by atoms with E-state index in [2.05, 4.69) is 4.72 Å². The van der Waals surface area contributed by atoms with E-state index in [-0.39, 0.29) is 34.1 Å². The lowest BCUT2D eigenvalue weighted by Gasteiger charge is -2.14. The maximum absolute atomic E-state index is 13.5. The molecule has 3 rings (SSSR count). The Morgan fingerprint density at radius 3 is 2.42 bits per heavy atom. The molecular formula is C24H22FNO6S. The van der Waals surface area contributed by atoms with Gasteiger partial charge in [-0.1, -0.05) is 12.1 Å². The zero-order valence-corrected chi connectivity index (χ0v) is 19.0. The molecule has 0 spiro atoms. The van der Waals surface area contributed by atoms with Gasteiger partial charge in [-0.05, 0) is 67.9 Å². The molecular weight excluding hydrogens is 449 g/mol. The topological polar surface area (TPSA) is 98.8 Å². The largest absolute Gasteiger partial charge is 0.496 e. The Labute approximate surface area is 191 Å². The van der Waals surface area contributed by atoms with E-state index in [1.807, 2.05) is 0 Å². The molecule has 1 N–H and O–H groups in total. The molecule has 0 aromatic heterocycles. The van der Waals surface area contributed by atoms with Gasteiger partial charge >= 0.3 is 5.97 Å². The summed E-state index contributed by atoms with van der Waals surface area (Å²) in [6, 6.07) is 14.1. The summed E-state index contributed by atoms with van der Waals surface area (Å²) < 4.78 is 52.0. The molecule has 0 heterocycles. The number of hydrogen-bond acceptors (Lipinski definition) is 6. The van der Waals surface area contributed by atoms with Crippen molar-refractivity contribution in [2.75, 3.05) is 11.8 Å². The van der Waals surface area contributed by atoms with Crippen molar-refractivity contribution in [3.8, 4) is 5.75 Å². The van der Waals surface area contributed by atoms with Crippen molar-refractivity contribution in [1.82, 2.24) is 0 Å². The fraction of sp³-hybridized carbons (Fsp3) is 0.167. The molecule has 0 amide bonds. The minimum absolute atomic E-state index is 0.00827. The van der Waals surface area contributed by atoms with Crippen LogP contribution >= 0.6 is 0 Å². The average molecular weight is 472 g/mol. The van der Waals surface area contributed by atoms with Gasteiger partial charge in [0.25, 0.3) is 10.0 Å². The maximum atomic E-state index is 13.5. The highest BCUT2D eigenvalue weighted by atomic mass is 32.2. The second-order valence-electron chi connectivity index (χ2n) is 7.22. The number of hydrogen-bond donors (Lipinski definition) is 1. The molecule has 3 aromatic rings. The first-order valence-corrected chi connectivity index (χ1v) is 11.3. The third-order valence-corrected chi connectivity index (χ3v) is 6.24. The van der Waals surface area contributed by atoms with E-state index in [9.17, 15) is 22.4 Å². The Morgan fingerprint density at radius 2 is 1.76 bits per heavy atom. The summed E-state index contributed by atoms with van der Waals surface area (Å²) >= 11 is 0. The minimum atomic E-state index is -4.08. The molecule has 9 heteroatoms. The van der Waals surface area contributed by atoms with Crippen LogP contribution in [0.15, 0.2) is 65.6 Å². The van der Waals surface area contributed by atoms with Gasteiger partial charge in [-0.3, -0.25) is 9.52 Å². The monoisotopic (exact) mass is 471 g/mol. The highest BCUT2D eigenvalue weighted by Gasteiger charge is 2.20. The fourth-order valence-corrected chi connectivity index (χ4v) is 4.23. The molecule has 3 aromatic carbocycles. The van der Waals surface area contributed by atoms with Gasteiger partial charge in [0.2, 0.25) is 0 Å². The van der Waals surface area contributed by atoms with Crippen LogP contribution in [0.3, 0.4) is 0 Å². The Morgan fingerprint density at radius 1 is 1.03 bits per heavy atom. The van der Waals surface area contributed by atoms with Gasteiger partial charge in [0.1, 0.15) is 18.2 Å². The van der Waals surface area contributed by atoms with E-state index >= 15 is 0 Å². The zero-order chi connectivity index (χ0) is 24.2. The predicted molar refractivity (Wildman–Crippen MR) is 121 cm³/mol. The predicted octanol–water partition coefficient (Wildman–Crippen LogP) is 4.50. The first-order valence-electron chi connectivity index (χ1n) is 9.85. The fourth-order valence-electron chi connectivity index (χ4n) is 3.07. The van der Waals surface area contributed by atoms with Crippen LogP contribution < -0.4 is 9.46 Å². The van der Waals surface area contributed by atoms with Crippen LogP contribution in [0.1, 0.15) is 38.8 Å². The molecule has 0 aliphatic heterocycles. The van der Waals surface area contributed by atoms with E-state index < -0.39 is 21.8 Å². The Balaban J connectivity index is 1.83. The first-order chi connectivity index (χ1) is 15.6. The van der Waals surface area contributed by atoms with E-state index in [1.165, 1.54) is 39.2 Å². The smallest absolute Gasteiger partial charge is 0.340 e. The number of carbonyl (C=O) groups excluding carboxylic acids is 2. The molecule has 0 aliphatic carbocycles. The van der Waals surface area contributed by atoms with Crippen molar-refractivity contribution in [3.63, 3.8) is 0 Å². The van der Waals surface area contributed by atoms with Crippen molar-refractivity contribution in [2.45, 2.75) is 25.3 Å². The molecule has 0 saturated carbocycles.